The molecule has 0 saturated heterocycles. The molecule has 1 aromatic heterocycles. The third kappa shape index (κ3) is 3.86. The molecule has 118 valence electrons. The molecule has 0 aliphatic carbocycles. The van der Waals surface area contributed by atoms with Crippen molar-refractivity contribution in [1.29, 1.82) is 0 Å². The Morgan fingerprint density at radius 2 is 1.46 bits per heavy atom. The van der Waals surface area contributed by atoms with Crippen molar-refractivity contribution in [2.75, 3.05) is 0 Å². The molecule has 1 N–H and O–H groups in total. The van der Waals surface area contributed by atoms with E-state index < -0.39 is 0 Å². The van der Waals surface area contributed by atoms with E-state index in [-0.39, 0.29) is 5.91 Å². The number of nitrogens with zero attached hydrogens (tertiary/aromatic N) is 2. The van der Waals surface area contributed by atoms with Gasteiger partial charge in [-0.05, 0) is 36.4 Å². The third-order valence-electron chi connectivity index (χ3n) is 3.38. The Hall–Kier alpha value is -2.98. The van der Waals surface area contributed by atoms with E-state index in [4.69, 9.17) is 11.6 Å². The van der Waals surface area contributed by atoms with Crippen LogP contribution in [-0.2, 0) is 0 Å². The van der Waals surface area contributed by atoms with Gasteiger partial charge in [0.15, 0.2) is 0 Å². The van der Waals surface area contributed by atoms with E-state index >= 15 is 0 Å². The fourth-order valence-electron chi connectivity index (χ4n) is 2.17. The van der Waals surface area contributed by atoms with E-state index in [2.05, 4.69) is 15.5 Å². The normalized spacial score (nSPS) is 11.1. The minimum absolute atomic E-state index is 0.297. The van der Waals surface area contributed by atoms with Crippen molar-refractivity contribution in [2.24, 2.45) is 5.10 Å². The molecular formula is C19H14ClN3O. The van der Waals surface area contributed by atoms with Crippen molar-refractivity contribution in [3.63, 3.8) is 0 Å². The van der Waals surface area contributed by atoms with Gasteiger partial charge in [-0.3, -0.25) is 9.78 Å². The van der Waals surface area contributed by atoms with E-state index in [1.807, 2.05) is 42.5 Å². The molecule has 0 unspecified atom stereocenters. The predicted molar refractivity (Wildman–Crippen MR) is 95.2 cm³/mol. The second-order valence-electron chi connectivity index (χ2n) is 5.01. The van der Waals surface area contributed by atoms with Crippen LogP contribution in [0.25, 0.3) is 0 Å². The van der Waals surface area contributed by atoms with Crippen LogP contribution in [0.4, 0.5) is 0 Å². The van der Waals surface area contributed by atoms with Crippen LogP contribution < -0.4 is 5.43 Å². The van der Waals surface area contributed by atoms with Crippen LogP contribution in [0.15, 0.2) is 84.2 Å². The highest BCUT2D eigenvalue weighted by molar-refractivity contribution is 6.30. The van der Waals surface area contributed by atoms with E-state index in [0.717, 1.165) is 11.1 Å². The van der Waals surface area contributed by atoms with Gasteiger partial charge in [0.1, 0.15) is 0 Å². The summed E-state index contributed by atoms with van der Waals surface area (Å²) in [7, 11) is 0. The third-order valence-corrected chi connectivity index (χ3v) is 3.63. The van der Waals surface area contributed by atoms with Gasteiger partial charge in [-0.2, -0.15) is 5.10 Å². The van der Waals surface area contributed by atoms with Gasteiger partial charge in [0, 0.05) is 34.1 Å². The molecular weight excluding hydrogens is 322 g/mol. The molecule has 0 atom stereocenters. The summed E-state index contributed by atoms with van der Waals surface area (Å²) in [5, 5.41) is 4.90. The molecule has 0 spiro atoms. The number of amides is 1. The molecule has 5 heteroatoms. The first-order valence-corrected chi connectivity index (χ1v) is 7.71. The summed E-state index contributed by atoms with van der Waals surface area (Å²) in [6.07, 6.45) is 3.38. The van der Waals surface area contributed by atoms with Crippen LogP contribution in [0.2, 0.25) is 5.02 Å². The van der Waals surface area contributed by atoms with E-state index in [0.29, 0.717) is 16.3 Å². The Bertz CT molecular complexity index is 805. The number of carbonyl (C=O) groups excluding carboxylic acids is 1. The Labute approximate surface area is 144 Å². The highest BCUT2D eigenvalue weighted by atomic mass is 35.5. The molecule has 3 rings (SSSR count). The lowest BCUT2D eigenvalue weighted by molar-refractivity contribution is 0.0955. The van der Waals surface area contributed by atoms with Crippen molar-refractivity contribution in [1.82, 2.24) is 10.4 Å². The molecule has 24 heavy (non-hydrogen) atoms. The molecule has 0 aliphatic heterocycles. The van der Waals surface area contributed by atoms with E-state index in [1.54, 1.807) is 36.7 Å². The van der Waals surface area contributed by atoms with Gasteiger partial charge in [-0.15, -0.1) is 0 Å². The fraction of sp³-hybridized carbons (Fsp3) is 0. The number of benzene rings is 2. The number of hydrogen-bond acceptors (Lipinski definition) is 3. The van der Waals surface area contributed by atoms with Gasteiger partial charge < -0.3 is 0 Å². The molecule has 3 aromatic rings. The van der Waals surface area contributed by atoms with Crippen LogP contribution in [0, 0.1) is 0 Å². The zero-order chi connectivity index (χ0) is 16.8. The van der Waals surface area contributed by atoms with Gasteiger partial charge >= 0.3 is 0 Å². The highest BCUT2D eigenvalue weighted by Gasteiger charge is 2.09. The van der Waals surface area contributed by atoms with Crippen molar-refractivity contribution >= 4 is 23.2 Å². The summed E-state index contributed by atoms with van der Waals surface area (Å²) in [5.41, 5.74) is 5.53. The zero-order valence-electron chi connectivity index (χ0n) is 12.7. The van der Waals surface area contributed by atoms with Crippen LogP contribution in [0.1, 0.15) is 21.5 Å². The maximum Gasteiger partial charge on any atom is 0.271 e. The average Bonchev–Trinajstić information content (AvgIpc) is 2.64. The quantitative estimate of drug-likeness (QED) is 0.580. The summed E-state index contributed by atoms with van der Waals surface area (Å²) in [6.45, 7) is 0. The van der Waals surface area contributed by atoms with Gasteiger partial charge in [0.2, 0.25) is 0 Å². The minimum atomic E-state index is -0.297. The molecule has 1 heterocycles. The number of aromatic nitrogens is 1. The van der Waals surface area contributed by atoms with Crippen LogP contribution in [-0.4, -0.2) is 16.6 Å². The SMILES string of the molecule is O=C(NN=C(c1ccccc1)c1ccncc1)c1ccc(Cl)cc1. The Kier molecular flexibility index (Phi) is 4.99. The molecule has 4 nitrogen and oxygen atoms in total. The second-order valence-corrected chi connectivity index (χ2v) is 5.45. The predicted octanol–water partition coefficient (Wildman–Crippen LogP) is 3.92. The van der Waals surface area contributed by atoms with Gasteiger partial charge in [-0.1, -0.05) is 41.9 Å². The van der Waals surface area contributed by atoms with Gasteiger partial charge in [0.05, 0.1) is 5.71 Å². The van der Waals surface area contributed by atoms with Crippen LogP contribution in [0.3, 0.4) is 0 Å². The number of hydrogen-bond donors (Lipinski definition) is 1. The van der Waals surface area contributed by atoms with E-state index in [9.17, 15) is 4.79 Å². The maximum atomic E-state index is 12.2. The Morgan fingerprint density at radius 3 is 2.12 bits per heavy atom. The Morgan fingerprint density at radius 1 is 0.833 bits per heavy atom. The summed E-state index contributed by atoms with van der Waals surface area (Å²) in [4.78, 5) is 16.3. The second kappa shape index (κ2) is 7.53. The summed E-state index contributed by atoms with van der Waals surface area (Å²) < 4.78 is 0. The number of hydrazone groups is 1. The number of pyridine rings is 1. The standard InChI is InChI=1S/C19H14ClN3O/c20-17-8-6-16(7-9-17)19(24)23-22-18(14-4-2-1-3-5-14)15-10-12-21-13-11-15/h1-13H,(H,23,24). The van der Waals surface area contributed by atoms with Crippen LogP contribution in [0.5, 0.6) is 0 Å². The largest absolute Gasteiger partial charge is 0.271 e. The van der Waals surface area contributed by atoms with Crippen molar-refractivity contribution in [3.05, 3.63) is 101 Å². The molecule has 0 bridgehead atoms. The first-order valence-electron chi connectivity index (χ1n) is 7.33. The number of carbonyl (C=O) groups is 1. The summed E-state index contributed by atoms with van der Waals surface area (Å²) in [5.74, 6) is -0.297. The highest BCUT2D eigenvalue weighted by Crippen LogP contribution is 2.11. The average molecular weight is 336 g/mol. The molecule has 0 radical (unpaired) electrons. The monoisotopic (exact) mass is 335 g/mol. The van der Waals surface area contributed by atoms with E-state index in [1.165, 1.54) is 0 Å². The topological polar surface area (TPSA) is 54.4 Å². The first kappa shape index (κ1) is 15.9. The van der Waals surface area contributed by atoms with Crippen LogP contribution >= 0.6 is 11.6 Å². The van der Waals surface area contributed by atoms with Gasteiger partial charge in [0.25, 0.3) is 5.91 Å². The van der Waals surface area contributed by atoms with Crippen molar-refractivity contribution in [2.45, 2.75) is 0 Å². The molecule has 2 aromatic carbocycles. The molecule has 0 aliphatic rings. The fourth-order valence-corrected chi connectivity index (χ4v) is 2.30. The smallest absolute Gasteiger partial charge is 0.267 e. The lowest BCUT2D eigenvalue weighted by atomic mass is 10.0. The van der Waals surface area contributed by atoms with Crippen molar-refractivity contribution in [3.8, 4) is 0 Å². The summed E-state index contributed by atoms with van der Waals surface area (Å²) >= 11 is 5.84. The first-order chi connectivity index (χ1) is 11.7. The lowest BCUT2D eigenvalue weighted by Crippen LogP contribution is -2.20. The lowest BCUT2D eigenvalue weighted by Gasteiger charge is -2.08. The minimum Gasteiger partial charge on any atom is -0.267 e. The van der Waals surface area contributed by atoms with Crippen molar-refractivity contribution < 1.29 is 4.79 Å². The number of rotatable bonds is 4. The Balaban J connectivity index is 1.90. The zero-order valence-corrected chi connectivity index (χ0v) is 13.4. The number of nitrogens with one attached hydrogen (secondary N) is 1. The molecule has 0 saturated carbocycles. The number of halogens is 1. The summed E-state index contributed by atoms with van der Waals surface area (Å²) in [6, 6.07) is 20.0. The maximum absolute atomic E-state index is 12.2. The van der Waals surface area contributed by atoms with Gasteiger partial charge in [-0.25, -0.2) is 5.43 Å². The molecule has 1 amide bonds. The molecule has 0 fully saturated rings.